The second-order valence-electron chi connectivity index (χ2n) is 6.69. The lowest BCUT2D eigenvalue weighted by Gasteiger charge is -2.70. The van der Waals surface area contributed by atoms with Gasteiger partial charge in [-0.05, 0) is 37.5 Å². The van der Waals surface area contributed by atoms with E-state index in [-0.39, 0.29) is 22.6 Å². The summed E-state index contributed by atoms with van der Waals surface area (Å²) in [6.07, 6.45) is 1.18. The predicted molar refractivity (Wildman–Crippen MR) is 87.6 cm³/mol. The number of nitrogens with zero attached hydrogens (tertiary/aromatic N) is 2. The van der Waals surface area contributed by atoms with Gasteiger partial charge in [-0.15, -0.1) is 10.2 Å². The Bertz CT molecular complexity index is 818. The number of phenols is 1. The molecule has 24 heavy (non-hydrogen) atoms. The molecule has 8 heteroatoms. The first-order valence-electron chi connectivity index (χ1n) is 7.61. The van der Waals surface area contributed by atoms with E-state index in [0.29, 0.717) is 16.9 Å². The fraction of sp³-hybridized carbons (Fsp3) is 0.312. The van der Waals surface area contributed by atoms with Crippen LogP contribution < -0.4 is 16.4 Å². The Morgan fingerprint density at radius 2 is 1.88 bits per heavy atom. The number of rotatable bonds is 4. The van der Waals surface area contributed by atoms with Crippen molar-refractivity contribution in [3.63, 3.8) is 0 Å². The number of aromatic hydroxyl groups is 1. The van der Waals surface area contributed by atoms with Crippen molar-refractivity contribution >= 4 is 17.6 Å². The second kappa shape index (κ2) is 4.73. The lowest BCUT2D eigenvalue weighted by atomic mass is 9.44. The van der Waals surface area contributed by atoms with E-state index in [2.05, 4.69) is 20.8 Å². The summed E-state index contributed by atoms with van der Waals surface area (Å²) < 4.78 is 0. The Morgan fingerprint density at radius 3 is 2.54 bits per heavy atom. The van der Waals surface area contributed by atoms with Crippen molar-refractivity contribution in [2.75, 3.05) is 11.1 Å². The fourth-order valence-corrected chi connectivity index (χ4v) is 3.89. The molecule has 0 saturated heterocycles. The van der Waals surface area contributed by atoms with Crippen LogP contribution in [0.3, 0.4) is 0 Å². The minimum Gasteiger partial charge on any atom is -0.507 e. The minimum absolute atomic E-state index is 0.123. The quantitative estimate of drug-likeness (QED) is 0.578. The number of benzene rings is 1. The van der Waals surface area contributed by atoms with Gasteiger partial charge >= 0.3 is 6.09 Å². The minimum atomic E-state index is -0.991. The maximum Gasteiger partial charge on any atom is 0.405 e. The molecule has 124 valence electrons. The molecule has 2 bridgehead atoms. The topological polar surface area (TPSA) is 133 Å². The second-order valence-corrected chi connectivity index (χ2v) is 6.69. The molecule has 3 aliphatic rings. The summed E-state index contributed by atoms with van der Waals surface area (Å²) >= 11 is 0. The van der Waals surface area contributed by atoms with E-state index in [1.165, 1.54) is 0 Å². The van der Waals surface area contributed by atoms with Gasteiger partial charge in [0.15, 0.2) is 5.82 Å². The number of phenolic OH excluding ortho intramolecular Hbond substituents is 1. The Morgan fingerprint density at radius 1 is 1.17 bits per heavy atom. The van der Waals surface area contributed by atoms with Crippen LogP contribution in [0.15, 0.2) is 30.3 Å². The molecular weight excluding hydrogens is 310 g/mol. The van der Waals surface area contributed by atoms with Crippen molar-refractivity contribution < 1.29 is 15.0 Å². The van der Waals surface area contributed by atoms with E-state index < -0.39 is 6.09 Å². The molecular formula is C16H17N5O3. The predicted octanol–water partition coefficient (Wildman–Crippen LogP) is 1.79. The van der Waals surface area contributed by atoms with Crippen LogP contribution in [-0.4, -0.2) is 37.6 Å². The van der Waals surface area contributed by atoms with Crippen LogP contribution in [0, 0.1) is 0 Å². The van der Waals surface area contributed by atoms with Crippen molar-refractivity contribution in [2.24, 2.45) is 0 Å². The standard InChI is InChI=1S/C16H17N5O3/c17-13-11(18-15-6-16(7-15,8-15)19-14(23)24)5-10(20-21-13)9-3-1-2-4-12(9)22/h1-5,19,22H,6-8H2,(H2,17,21)(H,18,20)(H,23,24). The van der Waals surface area contributed by atoms with Gasteiger partial charge in [0.25, 0.3) is 0 Å². The summed E-state index contributed by atoms with van der Waals surface area (Å²) in [4.78, 5) is 10.8. The maximum absolute atomic E-state index is 10.8. The third kappa shape index (κ3) is 2.18. The number of nitrogens with two attached hydrogens (primary N) is 1. The molecule has 3 saturated carbocycles. The summed E-state index contributed by atoms with van der Waals surface area (Å²) in [5.41, 5.74) is 7.22. The highest BCUT2D eigenvalue weighted by Gasteiger charge is 2.69. The van der Waals surface area contributed by atoms with Crippen LogP contribution in [0.25, 0.3) is 11.3 Å². The van der Waals surface area contributed by atoms with E-state index in [4.69, 9.17) is 10.8 Å². The van der Waals surface area contributed by atoms with Crippen molar-refractivity contribution in [1.82, 2.24) is 15.5 Å². The first-order valence-corrected chi connectivity index (χ1v) is 7.61. The number of nitrogens with one attached hydrogen (secondary N) is 2. The third-order valence-corrected chi connectivity index (χ3v) is 4.80. The van der Waals surface area contributed by atoms with Crippen LogP contribution in [0.1, 0.15) is 19.3 Å². The van der Waals surface area contributed by atoms with Crippen molar-refractivity contribution in [2.45, 2.75) is 30.3 Å². The number of amides is 1. The highest BCUT2D eigenvalue weighted by molar-refractivity contribution is 5.74. The van der Waals surface area contributed by atoms with Gasteiger partial charge in [0.1, 0.15) is 5.75 Å². The number of carboxylic acid groups (broad SMARTS) is 1. The lowest BCUT2D eigenvalue weighted by Crippen LogP contribution is -2.81. The van der Waals surface area contributed by atoms with E-state index >= 15 is 0 Å². The van der Waals surface area contributed by atoms with Crippen LogP contribution in [-0.2, 0) is 0 Å². The summed E-state index contributed by atoms with van der Waals surface area (Å²) in [6, 6.07) is 8.65. The van der Waals surface area contributed by atoms with Gasteiger partial charge in [-0.3, -0.25) is 0 Å². The fourth-order valence-electron chi connectivity index (χ4n) is 3.89. The number of nitrogen functional groups attached to an aromatic ring is 1. The molecule has 2 aromatic rings. The molecule has 0 aliphatic heterocycles. The maximum atomic E-state index is 10.8. The molecule has 8 nitrogen and oxygen atoms in total. The first-order chi connectivity index (χ1) is 11.4. The summed E-state index contributed by atoms with van der Waals surface area (Å²) in [5, 5.41) is 32.8. The number of hydrogen-bond acceptors (Lipinski definition) is 6. The Kier molecular flexibility index (Phi) is 2.87. The zero-order chi connectivity index (χ0) is 16.9. The molecule has 1 heterocycles. The third-order valence-electron chi connectivity index (χ3n) is 4.80. The molecule has 1 aromatic carbocycles. The summed E-state index contributed by atoms with van der Waals surface area (Å²) in [5.74, 6) is 0.400. The molecule has 5 rings (SSSR count). The SMILES string of the molecule is Nc1nnc(-c2ccccc2O)cc1NC12CC(NC(=O)O)(C1)C2. The van der Waals surface area contributed by atoms with E-state index in [9.17, 15) is 9.90 Å². The zero-order valence-corrected chi connectivity index (χ0v) is 12.8. The Balaban J connectivity index is 1.54. The van der Waals surface area contributed by atoms with Crippen molar-refractivity contribution in [3.05, 3.63) is 30.3 Å². The van der Waals surface area contributed by atoms with Crippen molar-refractivity contribution in [1.29, 1.82) is 0 Å². The molecule has 3 fully saturated rings. The van der Waals surface area contributed by atoms with Gasteiger partial charge < -0.3 is 26.6 Å². The van der Waals surface area contributed by atoms with E-state index in [1.54, 1.807) is 24.3 Å². The molecule has 1 amide bonds. The number of anilines is 2. The van der Waals surface area contributed by atoms with Gasteiger partial charge in [0, 0.05) is 11.1 Å². The largest absolute Gasteiger partial charge is 0.507 e. The van der Waals surface area contributed by atoms with Gasteiger partial charge in [0.2, 0.25) is 0 Å². The lowest BCUT2D eigenvalue weighted by molar-refractivity contribution is -0.0572. The number of carbonyl (C=O) groups is 1. The average molecular weight is 327 g/mol. The highest BCUT2D eigenvalue weighted by atomic mass is 16.4. The molecule has 0 atom stereocenters. The van der Waals surface area contributed by atoms with Crippen LogP contribution in [0.4, 0.5) is 16.3 Å². The number of para-hydroxylation sites is 1. The number of aromatic nitrogens is 2. The van der Waals surface area contributed by atoms with Crippen LogP contribution in [0.5, 0.6) is 5.75 Å². The van der Waals surface area contributed by atoms with Crippen LogP contribution >= 0.6 is 0 Å². The molecule has 0 radical (unpaired) electrons. The summed E-state index contributed by atoms with van der Waals surface area (Å²) in [6.45, 7) is 0. The van der Waals surface area contributed by atoms with Crippen molar-refractivity contribution in [3.8, 4) is 17.0 Å². The van der Waals surface area contributed by atoms with Gasteiger partial charge in [-0.1, -0.05) is 12.1 Å². The number of hydrogen-bond donors (Lipinski definition) is 5. The molecule has 0 spiro atoms. The monoisotopic (exact) mass is 327 g/mol. The highest BCUT2D eigenvalue weighted by Crippen LogP contribution is 2.62. The van der Waals surface area contributed by atoms with Gasteiger partial charge in [-0.2, -0.15) is 0 Å². The average Bonchev–Trinajstić information content (AvgIpc) is 2.46. The first kappa shape index (κ1) is 14.6. The molecule has 3 aliphatic carbocycles. The molecule has 0 unspecified atom stereocenters. The normalized spacial score (nSPS) is 26.8. The Labute approximate surface area is 137 Å². The summed E-state index contributed by atoms with van der Waals surface area (Å²) in [7, 11) is 0. The van der Waals surface area contributed by atoms with E-state index in [1.807, 2.05) is 6.07 Å². The van der Waals surface area contributed by atoms with Gasteiger partial charge in [-0.25, -0.2) is 4.79 Å². The zero-order valence-electron chi connectivity index (χ0n) is 12.8. The molecule has 6 N–H and O–H groups in total. The van der Waals surface area contributed by atoms with Gasteiger partial charge in [0.05, 0.1) is 16.9 Å². The van der Waals surface area contributed by atoms with E-state index in [0.717, 1.165) is 19.3 Å². The Hall–Kier alpha value is -3.03. The smallest absolute Gasteiger partial charge is 0.405 e. The van der Waals surface area contributed by atoms with Crippen LogP contribution in [0.2, 0.25) is 0 Å². The molecule has 1 aromatic heterocycles.